The van der Waals surface area contributed by atoms with Gasteiger partial charge < -0.3 is 19.3 Å². The highest BCUT2D eigenvalue weighted by molar-refractivity contribution is 5.66. The Balaban J connectivity index is 2.07. The number of aliphatic hydroxyl groups is 1. The summed E-state index contributed by atoms with van der Waals surface area (Å²) in [5.74, 6) is 1.16. The molecule has 3 rings (SSSR count). The van der Waals surface area contributed by atoms with Crippen molar-refractivity contribution in [3.05, 3.63) is 12.2 Å². The summed E-state index contributed by atoms with van der Waals surface area (Å²) < 4.78 is 18.6. The van der Waals surface area contributed by atoms with E-state index >= 15 is 0 Å². The Bertz CT molecular complexity index is 627. The van der Waals surface area contributed by atoms with Crippen molar-refractivity contribution in [2.24, 2.45) is 23.7 Å². The highest BCUT2D eigenvalue weighted by atomic mass is 16.6. The second-order valence-corrected chi connectivity index (χ2v) is 10.3. The van der Waals surface area contributed by atoms with E-state index < -0.39 is 11.2 Å². The van der Waals surface area contributed by atoms with Gasteiger partial charge in [0.05, 0.1) is 17.8 Å². The fourth-order valence-electron chi connectivity index (χ4n) is 6.35. The summed E-state index contributed by atoms with van der Waals surface area (Å²) in [5, 5.41) is 11.4. The van der Waals surface area contributed by atoms with Crippen LogP contribution in [0.5, 0.6) is 0 Å². The number of rotatable bonds is 4. The molecule has 0 aromatic carbocycles. The molecule has 0 aromatic rings. The number of fused-ring (bicyclic) bond motifs is 5. The van der Waals surface area contributed by atoms with E-state index in [4.69, 9.17) is 14.2 Å². The summed E-state index contributed by atoms with van der Waals surface area (Å²) in [4.78, 5) is 12.1. The minimum atomic E-state index is -1.01. The fourth-order valence-corrected chi connectivity index (χ4v) is 6.35. The van der Waals surface area contributed by atoms with Crippen LogP contribution in [0.25, 0.3) is 0 Å². The molecular weight excluding hydrogens is 368 g/mol. The minimum absolute atomic E-state index is 0.134. The summed E-state index contributed by atoms with van der Waals surface area (Å²) in [7, 11) is 0. The van der Waals surface area contributed by atoms with E-state index in [-0.39, 0.29) is 36.1 Å². The third kappa shape index (κ3) is 4.28. The lowest BCUT2D eigenvalue weighted by Crippen LogP contribution is -2.52. The molecule has 0 spiro atoms. The smallest absolute Gasteiger partial charge is 0.303 e. The first-order valence-corrected chi connectivity index (χ1v) is 11.4. The first-order chi connectivity index (χ1) is 13.5. The zero-order valence-corrected chi connectivity index (χ0v) is 19.1. The largest absolute Gasteiger partial charge is 0.457 e. The molecule has 29 heavy (non-hydrogen) atoms. The standard InChI is InChI=1S/C24H40O5/c1-8-27-19-11-12-24(7,29-16(5)25)22-21-17(14(2)3)10-9-15(4)20(21)18(28-22)13-23(19,6)26/h14,17-22,26H,4,8-13H2,1-3,5-7H3/t17-,18-,19+,20-,21-,22-,23+,24-/m1/s1. The van der Waals surface area contributed by atoms with E-state index in [1.807, 2.05) is 20.8 Å². The molecule has 8 atom stereocenters. The van der Waals surface area contributed by atoms with Gasteiger partial charge in [-0.25, -0.2) is 0 Å². The van der Waals surface area contributed by atoms with Gasteiger partial charge in [-0.2, -0.15) is 0 Å². The van der Waals surface area contributed by atoms with Gasteiger partial charge >= 0.3 is 5.97 Å². The van der Waals surface area contributed by atoms with E-state index in [9.17, 15) is 9.90 Å². The van der Waals surface area contributed by atoms with Crippen LogP contribution in [0.3, 0.4) is 0 Å². The average Bonchev–Trinajstić information content (AvgIpc) is 2.98. The minimum Gasteiger partial charge on any atom is -0.457 e. The fraction of sp³-hybridized carbons (Fsp3) is 0.875. The third-order valence-corrected chi connectivity index (χ3v) is 7.66. The summed E-state index contributed by atoms with van der Waals surface area (Å²) in [6, 6.07) is 0. The molecule has 3 aliphatic rings. The van der Waals surface area contributed by atoms with Crippen LogP contribution < -0.4 is 0 Å². The molecule has 1 aliphatic carbocycles. The molecule has 5 heteroatoms. The maximum atomic E-state index is 12.1. The second kappa shape index (κ2) is 8.32. The van der Waals surface area contributed by atoms with Crippen molar-refractivity contribution >= 4 is 5.97 Å². The number of esters is 1. The number of carbonyl (C=O) groups excluding carboxylic acids is 1. The van der Waals surface area contributed by atoms with Crippen molar-refractivity contribution in [1.82, 2.24) is 0 Å². The lowest BCUT2D eigenvalue weighted by molar-refractivity contribution is -0.179. The van der Waals surface area contributed by atoms with E-state index in [0.29, 0.717) is 37.7 Å². The zero-order chi connectivity index (χ0) is 21.6. The highest BCUT2D eigenvalue weighted by Crippen LogP contribution is 2.56. The normalized spacial score (nSPS) is 45.3. The van der Waals surface area contributed by atoms with Crippen molar-refractivity contribution in [2.45, 2.75) is 103 Å². The monoisotopic (exact) mass is 408 g/mol. The van der Waals surface area contributed by atoms with Gasteiger partial charge in [0.1, 0.15) is 11.7 Å². The van der Waals surface area contributed by atoms with Gasteiger partial charge in [-0.3, -0.25) is 4.79 Å². The number of hydrogen-bond donors (Lipinski definition) is 1. The Labute approximate surface area is 176 Å². The summed E-state index contributed by atoms with van der Waals surface area (Å²) in [5.41, 5.74) is -0.537. The molecule has 3 fully saturated rings. The molecule has 0 amide bonds. The van der Waals surface area contributed by atoms with Gasteiger partial charge in [0.25, 0.3) is 0 Å². The van der Waals surface area contributed by atoms with Crippen LogP contribution in [0, 0.1) is 23.7 Å². The van der Waals surface area contributed by atoms with Gasteiger partial charge in [-0.15, -0.1) is 0 Å². The Morgan fingerprint density at radius 2 is 2.03 bits per heavy atom. The van der Waals surface area contributed by atoms with Crippen LogP contribution in [-0.2, 0) is 19.0 Å². The number of ether oxygens (including phenoxy) is 3. The molecule has 0 unspecified atom stereocenters. The topological polar surface area (TPSA) is 65.0 Å². The van der Waals surface area contributed by atoms with E-state index in [1.165, 1.54) is 12.5 Å². The molecule has 0 aromatic heterocycles. The van der Waals surface area contributed by atoms with Gasteiger partial charge in [-0.1, -0.05) is 26.0 Å². The third-order valence-electron chi connectivity index (χ3n) is 7.66. The van der Waals surface area contributed by atoms with E-state index in [2.05, 4.69) is 20.4 Å². The van der Waals surface area contributed by atoms with E-state index in [1.54, 1.807) is 0 Å². The summed E-state index contributed by atoms with van der Waals surface area (Å²) >= 11 is 0. The molecule has 1 N–H and O–H groups in total. The molecule has 2 bridgehead atoms. The SMILES string of the molecule is C=C1CC[C@H](C(C)C)[C@@H]2[C@H]1[C@H]1C[C@](C)(O)[C@@H](OCC)CC[C@@](C)(OC(C)=O)[C@@H]2O1. The van der Waals surface area contributed by atoms with Crippen molar-refractivity contribution in [2.75, 3.05) is 6.61 Å². The lowest BCUT2D eigenvalue weighted by Gasteiger charge is -2.46. The Morgan fingerprint density at radius 3 is 2.62 bits per heavy atom. The van der Waals surface area contributed by atoms with Crippen molar-refractivity contribution in [1.29, 1.82) is 0 Å². The highest BCUT2D eigenvalue weighted by Gasteiger charge is 2.60. The number of hydrogen-bond acceptors (Lipinski definition) is 5. The molecule has 2 saturated heterocycles. The van der Waals surface area contributed by atoms with Crippen LogP contribution in [0.15, 0.2) is 12.2 Å². The van der Waals surface area contributed by atoms with Crippen LogP contribution in [0.4, 0.5) is 0 Å². The predicted octanol–water partition coefficient (Wildman–Crippen LogP) is 4.27. The predicted molar refractivity (Wildman–Crippen MR) is 112 cm³/mol. The van der Waals surface area contributed by atoms with Crippen LogP contribution in [0.2, 0.25) is 0 Å². The van der Waals surface area contributed by atoms with Crippen molar-refractivity contribution < 1.29 is 24.1 Å². The average molecular weight is 409 g/mol. The zero-order valence-electron chi connectivity index (χ0n) is 19.1. The first kappa shape index (κ1) is 22.8. The molecule has 5 nitrogen and oxygen atoms in total. The van der Waals surface area contributed by atoms with Gasteiger partial charge in [0.2, 0.25) is 0 Å². The summed E-state index contributed by atoms with van der Waals surface area (Å²) in [6.07, 6.45) is 3.19. The van der Waals surface area contributed by atoms with Crippen LogP contribution in [0.1, 0.15) is 73.6 Å². The van der Waals surface area contributed by atoms with Crippen molar-refractivity contribution in [3.8, 4) is 0 Å². The van der Waals surface area contributed by atoms with Gasteiger partial charge in [0, 0.05) is 31.8 Å². The maximum absolute atomic E-state index is 12.1. The van der Waals surface area contributed by atoms with Crippen molar-refractivity contribution in [3.63, 3.8) is 0 Å². The number of carbonyl (C=O) groups is 1. The molecule has 0 radical (unpaired) electrons. The van der Waals surface area contributed by atoms with Gasteiger partial charge in [-0.05, 0) is 58.3 Å². The first-order valence-electron chi connectivity index (χ1n) is 11.4. The molecular formula is C24H40O5. The molecule has 166 valence electrons. The molecule has 2 aliphatic heterocycles. The molecule has 2 heterocycles. The molecule has 1 saturated carbocycles. The summed E-state index contributed by atoms with van der Waals surface area (Å²) in [6.45, 7) is 16.8. The Hall–Kier alpha value is -0.910. The van der Waals surface area contributed by atoms with E-state index in [0.717, 1.165) is 12.8 Å². The Kier molecular flexibility index (Phi) is 6.53. The maximum Gasteiger partial charge on any atom is 0.303 e. The van der Waals surface area contributed by atoms with Crippen LogP contribution in [-0.4, -0.2) is 47.2 Å². The quantitative estimate of drug-likeness (QED) is 0.556. The van der Waals surface area contributed by atoms with Crippen LogP contribution >= 0.6 is 0 Å². The van der Waals surface area contributed by atoms with Gasteiger partial charge in [0.15, 0.2) is 0 Å². The Morgan fingerprint density at radius 1 is 1.34 bits per heavy atom. The second-order valence-electron chi connectivity index (χ2n) is 10.3. The lowest BCUT2D eigenvalue weighted by atomic mass is 9.60.